The Hall–Kier alpha value is -2.13. The Balaban J connectivity index is 2.06. The lowest BCUT2D eigenvalue weighted by atomic mass is 10.3. The van der Waals surface area contributed by atoms with Crippen LogP contribution in [-0.4, -0.2) is 56.1 Å². The van der Waals surface area contributed by atoms with Crippen molar-refractivity contribution in [2.24, 2.45) is 7.05 Å². The van der Waals surface area contributed by atoms with Crippen molar-refractivity contribution in [1.29, 1.82) is 0 Å². The van der Waals surface area contributed by atoms with E-state index in [2.05, 4.69) is 14.9 Å². The Morgan fingerprint density at radius 2 is 1.96 bits per heavy atom. The molecule has 0 aromatic carbocycles. The number of aromatic amines is 1. The van der Waals surface area contributed by atoms with E-state index in [9.17, 15) is 14.7 Å². The van der Waals surface area contributed by atoms with E-state index in [-0.39, 0.29) is 19.3 Å². The number of aliphatic hydroxyl groups is 1. The van der Waals surface area contributed by atoms with Crippen LogP contribution in [-0.2, 0) is 18.3 Å². The molecular weight excluding hydrogens is 326 g/mol. The van der Waals surface area contributed by atoms with Crippen molar-refractivity contribution < 1.29 is 9.84 Å². The summed E-state index contributed by atoms with van der Waals surface area (Å²) < 4.78 is 8.49. The third-order valence-electron chi connectivity index (χ3n) is 4.39. The summed E-state index contributed by atoms with van der Waals surface area (Å²) in [4.78, 5) is 33.2. The minimum absolute atomic E-state index is 0.0106. The molecule has 2 aromatic heterocycles. The van der Waals surface area contributed by atoms with Crippen LogP contribution in [0.3, 0.4) is 0 Å². The van der Waals surface area contributed by atoms with Crippen molar-refractivity contribution in [3.05, 3.63) is 20.8 Å². The zero-order valence-electron chi connectivity index (χ0n) is 14.9. The molecule has 2 N–H and O–H groups in total. The van der Waals surface area contributed by atoms with Gasteiger partial charge in [0.15, 0.2) is 11.2 Å². The first-order valence-electron chi connectivity index (χ1n) is 8.62. The van der Waals surface area contributed by atoms with Gasteiger partial charge < -0.3 is 19.3 Å². The molecule has 0 bridgehead atoms. The molecule has 0 aliphatic carbocycles. The molecule has 3 rings (SSSR count). The predicted octanol–water partition coefficient (Wildman–Crippen LogP) is -0.191. The molecule has 3 heterocycles. The van der Waals surface area contributed by atoms with E-state index in [0.29, 0.717) is 17.1 Å². The van der Waals surface area contributed by atoms with Gasteiger partial charge in [-0.25, -0.2) is 4.79 Å². The quantitative estimate of drug-likeness (QED) is 0.747. The van der Waals surface area contributed by atoms with E-state index in [1.807, 2.05) is 13.8 Å². The molecular formula is C16H25N5O4. The SMILES string of the molecule is CC(C)OC[C@H](O)Cn1c(N2CCCC2)nc2c1c(=O)[nH]c(=O)n2C. The van der Waals surface area contributed by atoms with Gasteiger partial charge in [-0.2, -0.15) is 4.98 Å². The number of nitrogens with one attached hydrogen (secondary N) is 1. The van der Waals surface area contributed by atoms with Crippen molar-refractivity contribution in [2.45, 2.75) is 45.4 Å². The molecule has 1 aliphatic heterocycles. The number of hydrogen-bond acceptors (Lipinski definition) is 6. The zero-order valence-corrected chi connectivity index (χ0v) is 14.9. The predicted molar refractivity (Wildman–Crippen MR) is 94.1 cm³/mol. The summed E-state index contributed by atoms with van der Waals surface area (Å²) in [5.41, 5.74) is -0.368. The molecule has 25 heavy (non-hydrogen) atoms. The van der Waals surface area contributed by atoms with Gasteiger partial charge in [0.1, 0.15) is 0 Å². The lowest BCUT2D eigenvalue weighted by Crippen LogP contribution is -2.31. The van der Waals surface area contributed by atoms with E-state index in [1.165, 1.54) is 4.57 Å². The van der Waals surface area contributed by atoms with E-state index >= 15 is 0 Å². The number of hydrogen-bond donors (Lipinski definition) is 2. The van der Waals surface area contributed by atoms with Crippen LogP contribution in [0.15, 0.2) is 9.59 Å². The number of aromatic nitrogens is 4. The second-order valence-electron chi connectivity index (χ2n) is 6.74. The minimum Gasteiger partial charge on any atom is -0.389 e. The molecule has 138 valence electrons. The summed E-state index contributed by atoms with van der Waals surface area (Å²) in [5, 5.41) is 10.3. The number of rotatable bonds is 6. The Morgan fingerprint density at radius 1 is 1.28 bits per heavy atom. The maximum absolute atomic E-state index is 12.4. The highest BCUT2D eigenvalue weighted by atomic mass is 16.5. The van der Waals surface area contributed by atoms with Crippen molar-refractivity contribution in [2.75, 3.05) is 24.6 Å². The molecule has 1 atom stereocenters. The number of anilines is 1. The smallest absolute Gasteiger partial charge is 0.329 e. The topological polar surface area (TPSA) is 105 Å². The lowest BCUT2D eigenvalue weighted by molar-refractivity contribution is -0.000167. The van der Waals surface area contributed by atoms with Crippen LogP contribution in [0.2, 0.25) is 0 Å². The molecule has 0 radical (unpaired) electrons. The van der Waals surface area contributed by atoms with E-state index in [0.717, 1.165) is 25.9 Å². The standard InChI is InChI=1S/C16H25N5O4/c1-10(2)25-9-11(22)8-21-12-13(19(3)16(24)18-14(12)23)17-15(21)20-6-4-5-7-20/h10-11,22H,4-9H2,1-3H3,(H,18,23,24)/t11-/m1/s1. The number of fused-ring (bicyclic) bond motifs is 1. The van der Waals surface area contributed by atoms with Gasteiger partial charge in [-0.1, -0.05) is 0 Å². The molecule has 1 fully saturated rings. The van der Waals surface area contributed by atoms with Crippen LogP contribution in [0.25, 0.3) is 11.2 Å². The lowest BCUT2D eigenvalue weighted by Gasteiger charge is -2.20. The number of H-pyrrole nitrogens is 1. The maximum atomic E-state index is 12.4. The summed E-state index contributed by atoms with van der Waals surface area (Å²) in [6.45, 7) is 5.82. The van der Waals surface area contributed by atoms with Crippen LogP contribution >= 0.6 is 0 Å². The van der Waals surface area contributed by atoms with Gasteiger partial charge in [-0.15, -0.1) is 0 Å². The Morgan fingerprint density at radius 3 is 2.60 bits per heavy atom. The summed E-state index contributed by atoms with van der Waals surface area (Å²) >= 11 is 0. The molecule has 0 amide bonds. The normalized spacial score (nSPS) is 16.3. The first kappa shape index (κ1) is 17.7. The molecule has 1 aliphatic rings. The summed E-state index contributed by atoms with van der Waals surface area (Å²) in [7, 11) is 1.57. The molecule has 2 aromatic rings. The highest BCUT2D eigenvalue weighted by Gasteiger charge is 2.24. The Kier molecular flexibility index (Phi) is 4.96. The zero-order chi connectivity index (χ0) is 18.1. The largest absolute Gasteiger partial charge is 0.389 e. The molecule has 9 nitrogen and oxygen atoms in total. The van der Waals surface area contributed by atoms with Crippen molar-refractivity contribution in [3.63, 3.8) is 0 Å². The number of imidazole rings is 1. The summed E-state index contributed by atoms with van der Waals surface area (Å²) in [5.74, 6) is 0.614. The Labute approximate surface area is 144 Å². The second kappa shape index (κ2) is 7.01. The maximum Gasteiger partial charge on any atom is 0.329 e. The molecule has 0 saturated carbocycles. The first-order chi connectivity index (χ1) is 11.9. The third kappa shape index (κ3) is 3.47. The fraction of sp³-hybridized carbons (Fsp3) is 0.688. The van der Waals surface area contributed by atoms with Gasteiger partial charge >= 0.3 is 5.69 Å². The Bertz CT molecular complexity index is 860. The highest BCUT2D eigenvalue weighted by molar-refractivity contribution is 5.74. The second-order valence-corrected chi connectivity index (χ2v) is 6.74. The van der Waals surface area contributed by atoms with Crippen LogP contribution in [0.4, 0.5) is 5.95 Å². The number of ether oxygens (including phenoxy) is 1. The number of nitrogens with zero attached hydrogens (tertiary/aromatic N) is 4. The van der Waals surface area contributed by atoms with Crippen LogP contribution in [0, 0.1) is 0 Å². The van der Waals surface area contributed by atoms with E-state index < -0.39 is 17.4 Å². The van der Waals surface area contributed by atoms with E-state index in [1.54, 1.807) is 11.6 Å². The van der Waals surface area contributed by atoms with Gasteiger partial charge in [0.25, 0.3) is 5.56 Å². The average Bonchev–Trinajstić information content (AvgIpc) is 3.18. The first-order valence-corrected chi connectivity index (χ1v) is 8.62. The molecule has 9 heteroatoms. The van der Waals surface area contributed by atoms with Gasteiger partial charge in [-0.3, -0.25) is 14.3 Å². The highest BCUT2D eigenvalue weighted by Crippen LogP contribution is 2.23. The van der Waals surface area contributed by atoms with Gasteiger partial charge in [0.05, 0.1) is 25.4 Å². The molecule has 0 unspecified atom stereocenters. The van der Waals surface area contributed by atoms with Gasteiger partial charge in [0.2, 0.25) is 5.95 Å². The van der Waals surface area contributed by atoms with E-state index in [4.69, 9.17) is 4.74 Å². The minimum atomic E-state index is -0.780. The van der Waals surface area contributed by atoms with Crippen LogP contribution < -0.4 is 16.1 Å². The van der Waals surface area contributed by atoms with Crippen molar-refractivity contribution >= 4 is 17.1 Å². The molecule has 1 saturated heterocycles. The summed E-state index contributed by atoms with van der Waals surface area (Å²) in [6, 6.07) is 0. The fourth-order valence-corrected chi connectivity index (χ4v) is 3.12. The number of aryl methyl sites for hydroxylation is 1. The average molecular weight is 351 g/mol. The van der Waals surface area contributed by atoms with Crippen molar-refractivity contribution in [1.82, 2.24) is 19.1 Å². The van der Waals surface area contributed by atoms with Crippen LogP contribution in [0.1, 0.15) is 26.7 Å². The number of aliphatic hydroxyl groups excluding tert-OH is 1. The fourth-order valence-electron chi connectivity index (χ4n) is 3.12. The summed E-state index contributed by atoms with van der Waals surface area (Å²) in [6.07, 6.45) is 1.34. The van der Waals surface area contributed by atoms with Gasteiger partial charge in [0, 0.05) is 20.1 Å². The monoisotopic (exact) mass is 351 g/mol. The van der Waals surface area contributed by atoms with Gasteiger partial charge in [-0.05, 0) is 26.7 Å². The van der Waals surface area contributed by atoms with Crippen LogP contribution in [0.5, 0.6) is 0 Å². The van der Waals surface area contributed by atoms with Crippen molar-refractivity contribution in [3.8, 4) is 0 Å². The molecule has 0 spiro atoms. The third-order valence-corrected chi connectivity index (χ3v) is 4.39.